The molecule has 19 heavy (non-hydrogen) atoms. The second-order valence-corrected chi connectivity index (χ2v) is 5.58. The molecule has 1 aromatic carbocycles. The van der Waals surface area contributed by atoms with E-state index in [9.17, 15) is 4.79 Å². The molecule has 1 heterocycles. The van der Waals surface area contributed by atoms with Crippen molar-refractivity contribution in [2.24, 2.45) is 11.8 Å². The third kappa shape index (κ3) is 2.45. The first-order valence-electron chi connectivity index (χ1n) is 6.86. The number of benzene rings is 1. The third-order valence-corrected chi connectivity index (χ3v) is 4.20. The minimum atomic E-state index is -0.00426. The quantitative estimate of drug-likeness (QED) is 0.897. The molecule has 3 unspecified atom stereocenters. The predicted molar refractivity (Wildman–Crippen MR) is 72.7 cm³/mol. The largest absolute Gasteiger partial charge is 0.497 e. The summed E-state index contributed by atoms with van der Waals surface area (Å²) in [5.41, 5.74) is 1.10. The Hall–Kier alpha value is -1.55. The predicted octanol–water partition coefficient (Wildman–Crippen LogP) is 1.78. The molecule has 3 atom stereocenters. The molecule has 2 aliphatic rings. The summed E-state index contributed by atoms with van der Waals surface area (Å²) in [5.74, 6) is 2.47. The zero-order valence-electron chi connectivity index (χ0n) is 11.4. The Labute approximate surface area is 113 Å². The molecule has 0 spiro atoms. The summed E-state index contributed by atoms with van der Waals surface area (Å²) >= 11 is 0. The lowest BCUT2D eigenvalue weighted by Crippen LogP contribution is -2.32. The van der Waals surface area contributed by atoms with Gasteiger partial charge in [0.05, 0.1) is 13.7 Å². The number of hydrogen-bond acceptors (Lipinski definition) is 3. The van der Waals surface area contributed by atoms with E-state index in [1.807, 2.05) is 29.2 Å². The van der Waals surface area contributed by atoms with Crippen LogP contribution >= 0.6 is 0 Å². The van der Waals surface area contributed by atoms with E-state index in [-0.39, 0.29) is 12.1 Å². The average molecular weight is 260 g/mol. The maximum Gasteiger partial charge on any atom is 0.238 e. The van der Waals surface area contributed by atoms with Gasteiger partial charge in [0.15, 0.2) is 0 Å². The van der Waals surface area contributed by atoms with E-state index in [0.717, 1.165) is 23.8 Å². The van der Waals surface area contributed by atoms with Crippen molar-refractivity contribution in [1.29, 1.82) is 0 Å². The summed E-state index contributed by atoms with van der Waals surface area (Å²) in [5, 5.41) is 3.29. The van der Waals surface area contributed by atoms with Gasteiger partial charge in [-0.25, -0.2) is 0 Å². The number of methoxy groups -OCH3 is 1. The van der Waals surface area contributed by atoms with Gasteiger partial charge in [-0.3, -0.25) is 10.1 Å². The van der Waals surface area contributed by atoms with Gasteiger partial charge in [0.2, 0.25) is 5.91 Å². The maximum atomic E-state index is 12.0. The van der Waals surface area contributed by atoms with Gasteiger partial charge in [0.25, 0.3) is 0 Å². The van der Waals surface area contributed by atoms with Gasteiger partial charge in [-0.05, 0) is 36.0 Å². The molecule has 3 rings (SSSR count). The Bertz CT molecular complexity index is 489. The first-order chi connectivity index (χ1) is 9.19. The van der Waals surface area contributed by atoms with Gasteiger partial charge >= 0.3 is 0 Å². The van der Waals surface area contributed by atoms with Crippen LogP contribution in [-0.4, -0.2) is 31.0 Å². The van der Waals surface area contributed by atoms with Crippen LogP contribution in [0.25, 0.3) is 0 Å². The van der Waals surface area contributed by atoms with E-state index in [1.165, 1.54) is 6.42 Å². The normalized spacial score (nSPS) is 29.7. The van der Waals surface area contributed by atoms with Crippen LogP contribution in [-0.2, 0) is 4.79 Å². The molecule has 2 fully saturated rings. The Morgan fingerprint density at radius 1 is 1.47 bits per heavy atom. The van der Waals surface area contributed by atoms with E-state index >= 15 is 0 Å². The van der Waals surface area contributed by atoms with E-state index in [0.29, 0.717) is 12.5 Å². The fraction of sp³-hybridized carbons (Fsp3) is 0.533. The number of amides is 1. The Balaban J connectivity index is 1.79. The SMILES string of the molecule is COc1cccc(C2NCC(=O)N2CC2CC2C)c1. The number of nitrogens with one attached hydrogen (secondary N) is 1. The minimum absolute atomic E-state index is 0.00426. The van der Waals surface area contributed by atoms with Crippen LogP contribution in [0.4, 0.5) is 0 Å². The first kappa shape index (κ1) is 12.5. The molecule has 102 valence electrons. The second-order valence-electron chi connectivity index (χ2n) is 5.58. The minimum Gasteiger partial charge on any atom is -0.497 e. The molecule has 4 nitrogen and oxygen atoms in total. The zero-order valence-corrected chi connectivity index (χ0v) is 11.4. The van der Waals surface area contributed by atoms with Crippen molar-refractivity contribution in [3.8, 4) is 5.75 Å². The topological polar surface area (TPSA) is 41.6 Å². The van der Waals surface area contributed by atoms with Crippen molar-refractivity contribution < 1.29 is 9.53 Å². The van der Waals surface area contributed by atoms with Crippen LogP contribution in [0.2, 0.25) is 0 Å². The highest BCUT2D eigenvalue weighted by atomic mass is 16.5. The van der Waals surface area contributed by atoms with Gasteiger partial charge < -0.3 is 9.64 Å². The molecule has 4 heteroatoms. The van der Waals surface area contributed by atoms with Gasteiger partial charge in [0.1, 0.15) is 11.9 Å². The average Bonchev–Trinajstić information content (AvgIpc) is 3.00. The molecular weight excluding hydrogens is 240 g/mol. The van der Waals surface area contributed by atoms with Gasteiger partial charge in [-0.15, -0.1) is 0 Å². The lowest BCUT2D eigenvalue weighted by atomic mass is 10.1. The number of nitrogens with zero attached hydrogens (tertiary/aromatic N) is 1. The van der Waals surface area contributed by atoms with Gasteiger partial charge in [-0.1, -0.05) is 19.1 Å². The van der Waals surface area contributed by atoms with E-state index in [1.54, 1.807) is 7.11 Å². The van der Waals surface area contributed by atoms with Crippen LogP contribution in [0.3, 0.4) is 0 Å². The van der Waals surface area contributed by atoms with Crippen molar-refractivity contribution in [2.45, 2.75) is 19.5 Å². The molecule has 1 amide bonds. The molecular formula is C15H20N2O2. The van der Waals surface area contributed by atoms with E-state index in [2.05, 4.69) is 12.2 Å². The molecule has 1 aromatic rings. The smallest absolute Gasteiger partial charge is 0.238 e. The van der Waals surface area contributed by atoms with Crippen LogP contribution in [0.15, 0.2) is 24.3 Å². The number of rotatable bonds is 4. The lowest BCUT2D eigenvalue weighted by Gasteiger charge is -2.25. The van der Waals surface area contributed by atoms with E-state index in [4.69, 9.17) is 4.74 Å². The molecule has 1 aliphatic carbocycles. The fourth-order valence-electron chi connectivity index (χ4n) is 2.76. The molecule has 1 saturated heterocycles. The number of ether oxygens (including phenoxy) is 1. The standard InChI is InChI=1S/C15H20N2O2/c1-10-6-12(10)9-17-14(18)8-16-15(17)11-4-3-5-13(7-11)19-2/h3-5,7,10,12,15-16H,6,8-9H2,1-2H3. The van der Waals surface area contributed by atoms with Crippen LogP contribution < -0.4 is 10.1 Å². The van der Waals surface area contributed by atoms with Crippen molar-refractivity contribution >= 4 is 5.91 Å². The summed E-state index contributed by atoms with van der Waals surface area (Å²) in [7, 11) is 1.66. The lowest BCUT2D eigenvalue weighted by molar-refractivity contribution is -0.128. The second kappa shape index (κ2) is 4.85. The summed E-state index contributed by atoms with van der Waals surface area (Å²) in [4.78, 5) is 14.0. The van der Waals surface area contributed by atoms with Crippen molar-refractivity contribution in [1.82, 2.24) is 10.2 Å². The Morgan fingerprint density at radius 2 is 2.26 bits per heavy atom. The van der Waals surface area contributed by atoms with Crippen molar-refractivity contribution in [3.05, 3.63) is 29.8 Å². The first-order valence-corrected chi connectivity index (χ1v) is 6.86. The molecule has 1 aliphatic heterocycles. The molecule has 0 radical (unpaired) electrons. The summed E-state index contributed by atoms with van der Waals surface area (Å²) in [6, 6.07) is 7.94. The third-order valence-electron chi connectivity index (χ3n) is 4.20. The van der Waals surface area contributed by atoms with Gasteiger partial charge in [0, 0.05) is 6.54 Å². The highest BCUT2D eigenvalue weighted by Gasteiger charge is 2.40. The maximum absolute atomic E-state index is 12.0. The highest BCUT2D eigenvalue weighted by Crippen LogP contribution is 2.40. The molecule has 0 bridgehead atoms. The molecule has 1 saturated carbocycles. The van der Waals surface area contributed by atoms with Gasteiger partial charge in [-0.2, -0.15) is 0 Å². The Morgan fingerprint density at radius 3 is 2.95 bits per heavy atom. The van der Waals surface area contributed by atoms with Crippen LogP contribution in [0, 0.1) is 11.8 Å². The fourth-order valence-corrected chi connectivity index (χ4v) is 2.76. The van der Waals surface area contributed by atoms with E-state index < -0.39 is 0 Å². The van der Waals surface area contributed by atoms with Crippen molar-refractivity contribution in [2.75, 3.05) is 20.2 Å². The monoisotopic (exact) mass is 260 g/mol. The number of hydrogen-bond donors (Lipinski definition) is 1. The summed E-state index contributed by atoms with van der Waals surface area (Å²) in [6.07, 6.45) is 1.24. The summed E-state index contributed by atoms with van der Waals surface area (Å²) in [6.45, 7) is 3.55. The van der Waals surface area contributed by atoms with Crippen LogP contribution in [0.1, 0.15) is 25.1 Å². The zero-order chi connectivity index (χ0) is 13.4. The highest BCUT2D eigenvalue weighted by molar-refractivity contribution is 5.81. The Kier molecular flexibility index (Phi) is 3.19. The molecule has 0 aromatic heterocycles. The number of carbonyl (C=O) groups excluding carboxylic acids is 1. The van der Waals surface area contributed by atoms with Crippen molar-refractivity contribution in [3.63, 3.8) is 0 Å². The number of carbonyl (C=O) groups is 1. The van der Waals surface area contributed by atoms with Crippen LogP contribution in [0.5, 0.6) is 5.75 Å². The summed E-state index contributed by atoms with van der Waals surface area (Å²) < 4.78 is 5.26. The molecule has 1 N–H and O–H groups in total.